The fourth-order valence-electron chi connectivity index (χ4n) is 5.19. The third-order valence-corrected chi connectivity index (χ3v) is 8.56. The van der Waals surface area contributed by atoms with Crippen LogP contribution < -0.4 is 9.47 Å². The molecular formula is C31H44N2O4S4. The number of rotatable bonds is 19. The summed E-state index contributed by atoms with van der Waals surface area (Å²) < 4.78 is 11.6. The number of carbonyl (C=O) groups is 2. The van der Waals surface area contributed by atoms with Gasteiger partial charge in [0.1, 0.15) is 23.3 Å². The number of hydrogen-bond acceptors (Lipinski definition) is 9. The highest BCUT2D eigenvalue weighted by atomic mass is 32.1. The van der Waals surface area contributed by atoms with Gasteiger partial charge in [-0.2, -0.15) is 50.5 Å². The van der Waals surface area contributed by atoms with Gasteiger partial charge in [0.15, 0.2) is 0 Å². The predicted octanol–water partition coefficient (Wildman–Crippen LogP) is 4.96. The van der Waals surface area contributed by atoms with Crippen molar-refractivity contribution in [2.45, 2.75) is 50.1 Å². The maximum absolute atomic E-state index is 14.2. The Bertz CT molecular complexity index is 1060. The second-order valence-corrected chi connectivity index (χ2v) is 12.2. The number of ether oxygens (including phenoxy) is 2. The Morgan fingerprint density at radius 1 is 0.756 bits per heavy atom. The lowest BCUT2D eigenvalue weighted by Crippen LogP contribution is -2.70. The van der Waals surface area contributed by atoms with Crippen LogP contribution in [0.15, 0.2) is 48.5 Å². The van der Waals surface area contributed by atoms with Crippen molar-refractivity contribution in [1.82, 2.24) is 9.80 Å². The van der Waals surface area contributed by atoms with Crippen molar-refractivity contribution in [2.75, 3.05) is 55.9 Å². The summed E-state index contributed by atoms with van der Waals surface area (Å²) in [6.07, 6.45) is 5.29. The molecule has 2 aromatic carbocycles. The Morgan fingerprint density at radius 2 is 1.27 bits per heavy atom. The van der Waals surface area contributed by atoms with Gasteiger partial charge in [0.25, 0.3) is 0 Å². The van der Waals surface area contributed by atoms with Gasteiger partial charge in [0.2, 0.25) is 5.91 Å². The number of aldehydes is 1. The highest BCUT2D eigenvalue weighted by Gasteiger charge is 2.49. The minimum absolute atomic E-state index is 0.00916. The summed E-state index contributed by atoms with van der Waals surface area (Å²) >= 11 is 17.3. The molecule has 1 aliphatic rings. The van der Waals surface area contributed by atoms with Crippen LogP contribution in [0.3, 0.4) is 0 Å². The number of hydrogen-bond donors (Lipinski definition) is 4. The number of carbonyl (C=O) groups excluding carboxylic acids is 2. The zero-order valence-electron chi connectivity index (χ0n) is 23.7. The Hall–Kier alpha value is -1.46. The molecule has 0 bridgehead atoms. The van der Waals surface area contributed by atoms with E-state index in [-0.39, 0.29) is 11.9 Å². The number of piperazine rings is 1. The summed E-state index contributed by atoms with van der Waals surface area (Å²) in [5, 5.41) is 0. The molecule has 10 heteroatoms. The van der Waals surface area contributed by atoms with Crippen molar-refractivity contribution in [3.8, 4) is 11.5 Å². The first-order valence-electron chi connectivity index (χ1n) is 14.4. The fourth-order valence-corrected chi connectivity index (χ4v) is 5.74. The minimum atomic E-state index is -0.966. The van der Waals surface area contributed by atoms with Crippen LogP contribution in [0.2, 0.25) is 0 Å². The van der Waals surface area contributed by atoms with Crippen molar-refractivity contribution < 1.29 is 19.1 Å². The lowest BCUT2D eigenvalue weighted by molar-refractivity contribution is -0.157. The summed E-state index contributed by atoms with van der Waals surface area (Å²) in [7, 11) is 0. The average molecular weight is 637 g/mol. The Morgan fingerprint density at radius 3 is 1.78 bits per heavy atom. The van der Waals surface area contributed by atoms with Crippen LogP contribution in [0.4, 0.5) is 0 Å². The number of thiol groups is 4. The molecule has 0 aliphatic carbocycles. The lowest BCUT2D eigenvalue weighted by atomic mass is 9.84. The Balaban J connectivity index is 1.84. The zero-order chi connectivity index (χ0) is 29.5. The normalized spacial score (nSPS) is 19.4. The fraction of sp³-hybridized carbons (Fsp3) is 0.548. The molecule has 0 radical (unpaired) electrons. The SMILES string of the molecule is O=C[C@]1(Cc2ccc(OCCCS)cc2)CN(CCCS)[C@@H](Cc2ccc(OCCCS)cc2)C(=O)N1CCCS. The molecule has 1 aliphatic heterocycles. The predicted molar refractivity (Wildman–Crippen MR) is 181 cm³/mol. The Kier molecular flexibility index (Phi) is 15.2. The van der Waals surface area contributed by atoms with Crippen LogP contribution in [0.5, 0.6) is 11.5 Å². The second-order valence-electron chi connectivity index (χ2n) is 10.4. The van der Waals surface area contributed by atoms with Gasteiger partial charge in [-0.1, -0.05) is 24.3 Å². The van der Waals surface area contributed by atoms with E-state index in [1.54, 1.807) is 0 Å². The van der Waals surface area contributed by atoms with E-state index in [1.165, 1.54) is 0 Å². The van der Waals surface area contributed by atoms with Crippen molar-refractivity contribution in [1.29, 1.82) is 0 Å². The highest BCUT2D eigenvalue weighted by Crippen LogP contribution is 2.31. The smallest absolute Gasteiger partial charge is 0.241 e. The van der Waals surface area contributed by atoms with E-state index in [2.05, 4.69) is 55.4 Å². The van der Waals surface area contributed by atoms with Crippen LogP contribution in [0.25, 0.3) is 0 Å². The van der Waals surface area contributed by atoms with Crippen molar-refractivity contribution in [3.05, 3.63) is 59.7 Å². The van der Waals surface area contributed by atoms with Crippen molar-refractivity contribution in [3.63, 3.8) is 0 Å². The van der Waals surface area contributed by atoms with Gasteiger partial charge in [-0.25, -0.2) is 0 Å². The Labute approximate surface area is 267 Å². The van der Waals surface area contributed by atoms with E-state index in [1.807, 2.05) is 53.4 Å². The van der Waals surface area contributed by atoms with Crippen molar-refractivity contribution in [2.24, 2.45) is 0 Å². The van der Waals surface area contributed by atoms with Gasteiger partial charge in [0.05, 0.1) is 19.3 Å². The van der Waals surface area contributed by atoms with Crippen LogP contribution in [0, 0.1) is 0 Å². The van der Waals surface area contributed by atoms with Crippen LogP contribution >= 0.6 is 50.5 Å². The molecule has 41 heavy (non-hydrogen) atoms. The highest BCUT2D eigenvalue weighted by molar-refractivity contribution is 7.80. The molecule has 2 aromatic rings. The molecule has 1 fully saturated rings. The molecule has 1 amide bonds. The van der Waals surface area contributed by atoms with Gasteiger partial charge in [-0.05, 0) is 97.1 Å². The third-order valence-electron chi connectivity index (χ3n) is 7.30. The lowest BCUT2D eigenvalue weighted by Gasteiger charge is -2.51. The summed E-state index contributed by atoms with van der Waals surface area (Å²) in [6, 6.07) is 15.5. The molecule has 0 spiro atoms. The first kappa shape index (κ1) is 34.0. The molecule has 0 aromatic heterocycles. The number of benzene rings is 2. The molecule has 1 saturated heterocycles. The van der Waals surface area contributed by atoms with Crippen LogP contribution in [-0.2, 0) is 22.4 Å². The van der Waals surface area contributed by atoms with Gasteiger partial charge >= 0.3 is 0 Å². The molecule has 6 nitrogen and oxygen atoms in total. The van der Waals surface area contributed by atoms with Gasteiger partial charge in [-0.15, -0.1) is 0 Å². The van der Waals surface area contributed by atoms with E-state index in [0.29, 0.717) is 63.6 Å². The molecule has 3 rings (SSSR count). The maximum Gasteiger partial charge on any atom is 0.241 e. The van der Waals surface area contributed by atoms with E-state index >= 15 is 0 Å². The third kappa shape index (κ3) is 10.1. The summed E-state index contributed by atoms with van der Waals surface area (Å²) in [5.41, 5.74) is 1.08. The molecule has 0 saturated carbocycles. The standard InChI is InChI=1S/C31H44N2O4S4/c34-24-31(22-26-7-11-28(12-8-26)37-16-4-20-41)23-32(13-1-17-38)29(30(35)33(31)14-2-18-39)21-25-5-9-27(10-6-25)36-15-3-19-40/h5-12,24,29,38-41H,1-4,13-23H2/t29-,31-/m0/s1. The van der Waals surface area contributed by atoms with E-state index in [4.69, 9.17) is 9.47 Å². The van der Waals surface area contributed by atoms with Crippen molar-refractivity contribution >= 4 is 62.7 Å². The van der Waals surface area contributed by atoms with Gasteiger partial charge < -0.3 is 19.2 Å². The van der Waals surface area contributed by atoms with Gasteiger partial charge in [0, 0.05) is 19.5 Å². The quantitative estimate of drug-likeness (QED) is 0.0999. The maximum atomic E-state index is 14.2. The first-order valence-corrected chi connectivity index (χ1v) is 16.9. The average Bonchev–Trinajstić information content (AvgIpc) is 2.99. The molecule has 1 heterocycles. The zero-order valence-corrected chi connectivity index (χ0v) is 27.3. The number of amides is 1. The van der Waals surface area contributed by atoms with E-state index in [9.17, 15) is 9.59 Å². The second kappa shape index (κ2) is 18.3. The molecule has 2 atom stereocenters. The van der Waals surface area contributed by atoms with E-state index < -0.39 is 5.54 Å². The summed E-state index contributed by atoms with van der Waals surface area (Å²) in [5.74, 6) is 4.50. The molecule has 0 unspecified atom stereocenters. The largest absolute Gasteiger partial charge is 0.494 e. The van der Waals surface area contributed by atoms with Gasteiger partial charge in [-0.3, -0.25) is 9.69 Å². The molecule has 226 valence electrons. The van der Waals surface area contributed by atoms with E-state index in [0.717, 1.165) is 59.7 Å². The summed E-state index contributed by atoms with van der Waals surface area (Å²) in [6.45, 7) is 2.89. The van der Waals surface area contributed by atoms with Crippen LogP contribution in [0.1, 0.15) is 36.8 Å². The first-order chi connectivity index (χ1) is 20.0. The molecular weight excluding hydrogens is 593 g/mol. The van der Waals surface area contributed by atoms with Crippen LogP contribution in [-0.4, -0.2) is 89.4 Å². The number of nitrogens with zero attached hydrogens (tertiary/aromatic N) is 2. The monoisotopic (exact) mass is 636 g/mol. The minimum Gasteiger partial charge on any atom is -0.494 e. The summed E-state index contributed by atoms with van der Waals surface area (Å²) in [4.78, 5) is 31.2. The topological polar surface area (TPSA) is 59.1 Å². The molecule has 0 N–H and O–H groups in total.